The molecule has 2 fully saturated rings. The first-order chi connectivity index (χ1) is 6.38. The molecule has 0 bridgehead atoms. The van der Waals surface area contributed by atoms with E-state index in [-0.39, 0.29) is 0 Å². The molecule has 1 N–H and O–H groups in total. The molecule has 76 valence electrons. The Hall–Kier alpha value is -0.0400. The van der Waals surface area contributed by atoms with Gasteiger partial charge in [0, 0.05) is 0 Å². The van der Waals surface area contributed by atoms with Crippen LogP contribution in [-0.2, 0) is 0 Å². The van der Waals surface area contributed by atoms with Crippen LogP contribution in [0.2, 0.25) is 0 Å². The molecular weight excluding hydrogens is 158 g/mol. The van der Waals surface area contributed by atoms with Crippen molar-refractivity contribution in [1.29, 1.82) is 0 Å². The van der Waals surface area contributed by atoms with E-state index in [4.69, 9.17) is 0 Å². The van der Waals surface area contributed by atoms with Gasteiger partial charge in [-0.15, -0.1) is 0 Å². The molecule has 0 amide bonds. The minimum absolute atomic E-state index is 0.928. The lowest BCUT2D eigenvalue weighted by Gasteiger charge is -2.37. The highest BCUT2D eigenvalue weighted by atomic mass is 14.9. The summed E-state index contributed by atoms with van der Waals surface area (Å²) in [5.41, 5.74) is 0. The maximum atomic E-state index is 3.50. The van der Waals surface area contributed by atoms with Crippen molar-refractivity contribution in [2.45, 2.75) is 45.4 Å². The zero-order chi connectivity index (χ0) is 9.10. The molecule has 2 rings (SSSR count). The molecule has 1 nitrogen and oxygen atoms in total. The predicted octanol–water partition coefficient (Wildman–Crippen LogP) is 2.81. The summed E-state index contributed by atoms with van der Waals surface area (Å²) in [4.78, 5) is 0. The van der Waals surface area contributed by atoms with Crippen molar-refractivity contribution >= 4 is 0 Å². The molecule has 1 aliphatic carbocycles. The van der Waals surface area contributed by atoms with Crippen molar-refractivity contribution in [3.05, 3.63) is 0 Å². The second-order valence-electron chi connectivity index (χ2n) is 5.03. The molecule has 0 radical (unpaired) electrons. The number of hydrogen-bond acceptors (Lipinski definition) is 1. The van der Waals surface area contributed by atoms with Gasteiger partial charge in [-0.3, -0.25) is 0 Å². The Labute approximate surface area is 82.3 Å². The van der Waals surface area contributed by atoms with Crippen LogP contribution in [0.15, 0.2) is 0 Å². The zero-order valence-electron chi connectivity index (χ0n) is 8.89. The monoisotopic (exact) mass is 181 g/mol. The van der Waals surface area contributed by atoms with Crippen LogP contribution in [0.4, 0.5) is 0 Å². The third-order valence-corrected chi connectivity index (χ3v) is 4.11. The lowest BCUT2D eigenvalue weighted by atomic mass is 9.72. The molecular formula is C12H23N. The van der Waals surface area contributed by atoms with Crippen LogP contribution >= 0.6 is 0 Å². The Bertz CT molecular complexity index is 149. The standard InChI is InChI=1S/C12H23N/c1-10-9-13-8-7-12(10)11-5-3-2-4-6-11/h10-13H,2-9H2,1H3. The van der Waals surface area contributed by atoms with Gasteiger partial charge in [-0.25, -0.2) is 0 Å². The number of piperidine rings is 1. The second-order valence-corrected chi connectivity index (χ2v) is 5.03. The molecule has 1 saturated heterocycles. The van der Waals surface area contributed by atoms with Gasteiger partial charge in [0.1, 0.15) is 0 Å². The van der Waals surface area contributed by atoms with Crippen molar-refractivity contribution in [1.82, 2.24) is 5.32 Å². The van der Waals surface area contributed by atoms with Crippen LogP contribution in [0.3, 0.4) is 0 Å². The third-order valence-electron chi connectivity index (χ3n) is 4.11. The van der Waals surface area contributed by atoms with Crippen LogP contribution < -0.4 is 5.32 Å². The average molecular weight is 181 g/mol. The van der Waals surface area contributed by atoms with Gasteiger partial charge in [0.2, 0.25) is 0 Å². The molecule has 0 spiro atoms. The van der Waals surface area contributed by atoms with Crippen LogP contribution in [0.5, 0.6) is 0 Å². The average Bonchev–Trinajstić information content (AvgIpc) is 2.20. The molecule has 0 aromatic rings. The molecule has 13 heavy (non-hydrogen) atoms. The highest BCUT2D eigenvalue weighted by Gasteiger charge is 2.29. The zero-order valence-corrected chi connectivity index (χ0v) is 8.89. The molecule has 2 atom stereocenters. The van der Waals surface area contributed by atoms with Gasteiger partial charge < -0.3 is 5.32 Å². The molecule has 0 aromatic heterocycles. The molecule has 1 heteroatoms. The van der Waals surface area contributed by atoms with Gasteiger partial charge in [0.15, 0.2) is 0 Å². The summed E-state index contributed by atoms with van der Waals surface area (Å²) < 4.78 is 0. The fourth-order valence-electron chi connectivity index (χ4n) is 3.30. The van der Waals surface area contributed by atoms with Gasteiger partial charge >= 0.3 is 0 Å². The van der Waals surface area contributed by atoms with Gasteiger partial charge in [-0.05, 0) is 37.3 Å². The highest BCUT2D eigenvalue weighted by Crippen LogP contribution is 2.36. The van der Waals surface area contributed by atoms with E-state index in [1.165, 1.54) is 51.6 Å². The first-order valence-electron chi connectivity index (χ1n) is 6.08. The minimum atomic E-state index is 0.928. The van der Waals surface area contributed by atoms with E-state index in [9.17, 15) is 0 Å². The van der Waals surface area contributed by atoms with E-state index >= 15 is 0 Å². The molecule has 1 saturated carbocycles. The van der Waals surface area contributed by atoms with Gasteiger partial charge in [-0.2, -0.15) is 0 Å². The van der Waals surface area contributed by atoms with E-state index in [0.717, 1.165) is 17.8 Å². The lowest BCUT2D eigenvalue weighted by molar-refractivity contribution is 0.150. The largest absolute Gasteiger partial charge is 0.316 e. The Kier molecular flexibility index (Phi) is 3.26. The lowest BCUT2D eigenvalue weighted by Crippen LogP contribution is -2.38. The topological polar surface area (TPSA) is 12.0 Å². The molecule has 0 aromatic carbocycles. The van der Waals surface area contributed by atoms with Crippen molar-refractivity contribution in [2.75, 3.05) is 13.1 Å². The normalized spacial score (nSPS) is 37.6. The van der Waals surface area contributed by atoms with Crippen LogP contribution in [0.1, 0.15) is 45.4 Å². The Morgan fingerprint density at radius 1 is 1.00 bits per heavy atom. The number of nitrogens with one attached hydrogen (secondary N) is 1. The molecule has 2 unspecified atom stereocenters. The van der Waals surface area contributed by atoms with Gasteiger partial charge in [0.05, 0.1) is 0 Å². The fourth-order valence-corrected chi connectivity index (χ4v) is 3.30. The van der Waals surface area contributed by atoms with Crippen LogP contribution in [0, 0.1) is 17.8 Å². The van der Waals surface area contributed by atoms with E-state index in [0.29, 0.717) is 0 Å². The minimum Gasteiger partial charge on any atom is -0.316 e. The van der Waals surface area contributed by atoms with Gasteiger partial charge in [0.25, 0.3) is 0 Å². The maximum absolute atomic E-state index is 3.50. The smallest absolute Gasteiger partial charge is 0.00204 e. The summed E-state index contributed by atoms with van der Waals surface area (Å²) in [6.45, 7) is 4.97. The third kappa shape index (κ3) is 2.25. The number of hydrogen-bond donors (Lipinski definition) is 1. The van der Waals surface area contributed by atoms with Crippen molar-refractivity contribution < 1.29 is 0 Å². The predicted molar refractivity (Wildman–Crippen MR) is 56.7 cm³/mol. The summed E-state index contributed by atoms with van der Waals surface area (Å²) in [6.07, 6.45) is 8.98. The highest BCUT2D eigenvalue weighted by molar-refractivity contribution is 4.82. The van der Waals surface area contributed by atoms with Crippen LogP contribution in [-0.4, -0.2) is 13.1 Å². The number of rotatable bonds is 1. The van der Waals surface area contributed by atoms with Gasteiger partial charge in [-0.1, -0.05) is 39.0 Å². The second kappa shape index (κ2) is 4.45. The Morgan fingerprint density at radius 3 is 2.46 bits per heavy atom. The van der Waals surface area contributed by atoms with E-state index in [1.54, 1.807) is 0 Å². The quantitative estimate of drug-likeness (QED) is 0.656. The van der Waals surface area contributed by atoms with Crippen molar-refractivity contribution in [2.24, 2.45) is 17.8 Å². The Balaban J connectivity index is 1.88. The van der Waals surface area contributed by atoms with Crippen molar-refractivity contribution in [3.8, 4) is 0 Å². The maximum Gasteiger partial charge on any atom is -0.00204 e. The molecule has 2 aliphatic rings. The summed E-state index contributed by atoms with van der Waals surface area (Å²) >= 11 is 0. The SMILES string of the molecule is CC1CNCCC1C1CCCCC1. The van der Waals surface area contributed by atoms with E-state index < -0.39 is 0 Å². The molecule has 1 heterocycles. The first-order valence-corrected chi connectivity index (χ1v) is 6.08. The van der Waals surface area contributed by atoms with E-state index in [1.807, 2.05) is 0 Å². The Morgan fingerprint density at radius 2 is 1.77 bits per heavy atom. The summed E-state index contributed by atoms with van der Waals surface area (Å²) in [6, 6.07) is 0. The van der Waals surface area contributed by atoms with Crippen LogP contribution in [0.25, 0.3) is 0 Å². The summed E-state index contributed by atoms with van der Waals surface area (Å²) in [7, 11) is 0. The summed E-state index contributed by atoms with van der Waals surface area (Å²) in [5, 5.41) is 3.50. The van der Waals surface area contributed by atoms with E-state index in [2.05, 4.69) is 12.2 Å². The molecule has 1 aliphatic heterocycles. The summed E-state index contributed by atoms with van der Waals surface area (Å²) in [5.74, 6) is 3.05. The fraction of sp³-hybridized carbons (Fsp3) is 1.00. The van der Waals surface area contributed by atoms with Crippen molar-refractivity contribution in [3.63, 3.8) is 0 Å². The first kappa shape index (κ1) is 9.51.